The minimum Gasteiger partial charge on any atom is -0.466 e. The number of hydrogen-bond acceptors (Lipinski definition) is 4. The highest BCUT2D eigenvalue weighted by atomic mass is 19.4. The van der Waals surface area contributed by atoms with Gasteiger partial charge in [0.05, 0.1) is 7.11 Å². The Kier molecular flexibility index (Phi) is 5.69. The molecule has 7 heteroatoms. The van der Waals surface area contributed by atoms with E-state index in [-0.39, 0.29) is 0 Å². The summed E-state index contributed by atoms with van der Waals surface area (Å²) < 4.78 is 43.6. The number of esters is 1. The SMILES string of the molecule is COC(=O)[C@](O)(c1ccc(NCCc2ccccc2)cc1)C(F)(F)F. The van der Waals surface area contributed by atoms with Crippen LogP contribution in [-0.4, -0.2) is 30.9 Å². The molecule has 0 spiro atoms. The van der Waals surface area contributed by atoms with Gasteiger partial charge in [-0.1, -0.05) is 42.5 Å². The van der Waals surface area contributed by atoms with E-state index in [1.54, 1.807) is 0 Å². The van der Waals surface area contributed by atoms with Crippen molar-refractivity contribution in [3.8, 4) is 0 Å². The Morgan fingerprint density at radius 3 is 2.20 bits per heavy atom. The van der Waals surface area contributed by atoms with Crippen molar-refractivity contribution < 1.29 is 27.8 Å². The Bertz CT molecular complexity index is 702. The fourth-order valence-electron chi connectivity index (χ4n) is 2.37. The summed E-state index contributed by atoms with van der Waals surface area (Å²) in [6.07, 6.45) is -4.44. The largest absolute Gasteiger partial charge is 0.466 e. The smallest absolute Gasteiger partial charge is 0.432 e. The number of benzene rings is 2. The van der Waals surface area contributed by atoms with Crippen LogP contribution in [0.3, 0.4) is 0 Å². The minimum atomic E-state index is -5.19. The van der Waals surface area contributed by atoms with Crippen LogP contribution in [-0.2, 0) is 21.6 Å². The lowest BCUT2D eigenvalue weighted by atomic mass is 9.93. The molecule has 0 aliphatic carbocycles. The van der Waals surface area contributed by atoms with Gasteiger partial charge in [-0.15, -0.1) is 0 Å². The van der Waals surface area contributed by atoms with Crippen molar-refractivity contribution in [3.05, 3.63) is 65.7 Å². The van der Waals surface area contributed by atoms with E-state index in [2.05, 4.69) is 10.1 Å². The summed E-state index contributed by atoms with van der Waals surface area (Å²) >= 11 is 0. The molecule has 2 aromatic carbocycles. The van der Waals surface area contributed by atoms with Crippen LogP contribution < -0.4 is 5.32 Å². The zero-order chi connectivity index (χ0) is 18.5. The highest BCUT2D eigenvalue weighted by Gasteiger charge is 2.62. The van der Waals surface area contributed by atoms with E-state index in [0.29, 0.717) is 12.2 Å². The predicted octanol–water partition coefficient (Wildman–Crippen LogP) is 3.26. The van der Waals surface area contributed by atoms with Crippen LogP contribution >= 0.6 is 0 Å². The average Bonchev–Trinajstić information content (AvgIpc) is 2.61. The maximum absolute atomic E-state index is 13.2. The van der Waals surface area contributed by atoms with Gasteiger partial charge in [0, 0.05) is 17.8 Å². The molecule has 0 radical (unpaired) electrons. The molecular formula is C18H18F3NO3. The topological polar surface area (TPSA) is 58.6 Å². The van der Waals surface area contributed by atoms with Crippen LogP contribution in [0.1, 0.15) is 11.1 Å². The molecular weight excluding hydrogens is 335 g/mol. The van der Waals surface area contributed by atoms with Crippen molar-refractivity contribution in [3.63, 3.8) is 0 Å². The molecule has 0 amide bonds. The third-order valence-electron chi connectivity index (χ3n) is 3.78. The van der Waals surface area contributed by atoms with Gasteiger partial charge in [-0.2, -0.15) is 13.2 Å². The van der Waals surface area contributed by atoms with Gasteiger partial charge in [-0.3, -0.25) is 0 Å². The van der Waals surface area contributed by atoms with Crippen molar-refractivity contribution in [2.45, 2.75) is 18.2 Å². The second-order valence-electron chi connectivity index (χ2n) is 5.44. The zero-order valence-electron chi connectivity index (χ0n) is 13.5. The van der Waals surface area contributed by atoms with Crippen molar-refractivity contribution in [2.24, 2.45) is 0 Å². The number of ether oxygens (including phenoxy) is 1. The molecule has 0 aliphatic heterocycles. The summed E-state index contributed by atoms with van der Waals surface area (Å²) in [5, 5.41) is 13.0. The van der Waals surface area contributed by atoms with E-state index in [1.807, 2.05) is 30.3 Å². The van der Waals surface area contributed by atoms with Gasteiger partial charge in [-0.05, 0) is 24.1 Å². The van der Waals surface area contributed by atoms with Crippen molar-refractivity contribution in [2.75, 3.05) is 19.0 Å². The molecule has 25 heavy (non-hydrogen) atoms. The number of anilines is 1. The number of rotatable bonds is 6. The predicted molar refractivity (Wildman–Crippen MR) is 87.0 cm³/mol. The van der Waals surface area contributed by atoms with Gasteiger partial charge >= 0.3 is 12.1 Å². The first-order valence-corrected chi connectivity index (χ1v) is 7.55. The van der Waals surface area contributed by atoms with Gasteiger partial charge in [0.15, 0.2) is 0 Å². The maximum atomic E-state index is 13.2. The first-order chi connectivity index (χ1) is 11.8. The van der Waals surface area contributed by atoms with Crippen molar-refractivity contribution >= 4 is 11.7 Å². The quantitative estimate of drug-likeness (QED) is 0.783. The maximum Gasteiger partial charge on any atom is 0.432 e. The summed E-state index contributed by atoms with van der Waals surface area (Å²) in [5.41, 5.74) is -2.58. The van der Waals surface area contributed by atoms with E-state index >= 15 is 0 Å². The van der Waals surface area contributed by atoms with Crippen LogP contribution in [0.4, 0.5) is 18.9 Å². The molecule has 0 aliphatic rings. The van der Waals surface area contributed by atoms with Crippen LogP contribution in [0.5, 0.6) is 0 Å². The van der Waals surface area contributed by atoms with Gasteiger partial charge in [0.25, 0.3) is 5.60 Å². The fraction of sp³-hybridized carbons (Fsp3) is 0.278. The lowest BCUT2D eigenvalue weighted by molar-refractivity contribution is -0.266. The molecule has 2 rings (SSSR count). The second-order valence-corrected chi connectivity index (χ2v) is 5.44. The molecule has 0 fully saturated rings. The third kappa shape index (κ3) is 4.11. The molecule has 2 aromatic rings. The Hall–Kier alpha value is -2.54. The normalized spacial score (nSPS) is 13.8. The first-order valence-electron chi connectivity index (χ1n) is 7.55. The lowest BCUT2D eigenvalue weighted by Crippen LogP contribution is -2.49. The Morgan fingerprint density at radius 1 is 1.08 bits per heavy atom. The van der Waals surface area contributed by atoms with E-state index < -0.39 is 23.3 Å². The van der Waals surface area contributed by atoms with E-state index in [9.17, 15) is 23.1 Å². The molecule has 1 atom stereocenters. The van der Waals surface area contributed by atoms with Gasteiger partial charge in [0.2, 0.25) is 0 Å². The number of alkyl halides is 3. The van der Waals surface area contributed by atoms with E-state index in [0.717, 1.165) is 31.2 Å². The average molecular weight is 353 g/mol. The van der Waals surface area contributed by atoms with Gasteiger partial charge < -0.3 is 15.2 Å². The fourth-order valence-corrected chi connectivity index (χ4v) is 2.37. The summed E-state index contributed by atoms with van der Waals surface area (Å²) in [5.74, 6) is -1.77. The summed E-state index contributed by atoms with van der Waals surface area (Å²) in [7, 11) is 0.790. The Labute approximate surface area is 143 Å². The number of carbonyl (C=O) groups is 1. The Morgan fingerprint density at radius 2 is 1.68 bits per heavy atom. The Balaban J connectivity index is 2.08. The van der Waals surface area contributed by atoms with Crippen LogP contribution in [0.25, 0.3) is 0 Å². The van der Waals surface area contributed by atoms with Crippen LogP contribution in [0.15, 0.2) is 54.6 Å². The highest BCUT2D eigenvalue weighted by Crippen LogP contribution is 2.40. The molecule has 2 N–H and O–H groups in total. The summed E-state index contributed by atoms with van der Waals surface area (Å²) in [4.78, 5) is 11.5. The molecule has 0 bridgehead atoms. The zero-order valence-corrected chi connectivity index (χ0v) is 13.5. The number of carbonyl (C=O) groups excluding carboxylic acids is 1. The van der Waals surface area contributed by atoms with Crippen molar-refractivity contribution in [1.29, 1.82) is 0 Å². The third-order valence-corrected chi connectivity index (χ3v) is 3.78. The number of hydrogen-bond donors (Lipinski definition) is 2. The van der Waals surface area contributed by atoms with E-state index in [4.69, 9.17) is 0 Å². The monoisotopic (exact) mass is 353 g/mol. The molecule has 0 unspecified atom stereocenters. The standard InChI is InChI=1S/C18H18F3NO3/c1-25-16(23)17(24,18(19,20)21)14-7-9-15(10-8-14)22-12-11-13-5-3-2-4-6-13/h2-10,22,24H,11-12H2,1H3/t17-/m1/s1. The molecule has 0 heterocycles. The molecule has 4 nitrogen and oxygen atoms in total. The van der Waals surface area contributed by atoms with Gasteiger partial charge in [0.1, 0.15) is 0 Å². The number of aliphatic hydroxyl groups is 1. The summed E-state index contributed by atoms with van der Waals surface area (Å²) in [6, 6.07) is 14.6. The van der Waals surface area contributed by atoms with Gasteiger partial charge in [-0.25, -0.2) is 4.79 Å². The number of halogens is 3. The number of nitrogens with one attached hydrogen (secondary N) is 1. The van der Waals surface area contributed by atoms with E-state index in [1.165, 1.54) is 12.1 Å². The lowest BCUT2D eigenvalue weighted by Gasteiger charge is -2.28. The molecule has 0 saturated carbocycles. The first kappa shape index (κ1) is 18.8. The van der Waals surface area contributed by atoms with Crippen molar-refractivity contribution in [1.82, 2.24) is 0 Å². The number of methoxy groups -OCH3 is 1. The minimum absolute atomic E-state index is 0.578. The molecule has 0 aromatic heterocycles. The highest BCUT2D eigenvalue weighted by molar-refractivity contribution is 5.82. The molecule has 134 valence electrons. The second kappa shape index (κ2) is 7.57. The van der Waals surface area contributed by atoms with Crippen LogP contribution in [0, 0.1) is 0 Å². The summed E-state index contributed by atoms with van der Waals surface area (Å²) in [6.45, 7) is 0.587. The van der Waals surface area contributed by atoms with Crippen LogP contribution in [0.2, 0.25) is 0 Å². The molecule has 0 saturated heterocycles.